The predicted octanol–water partition coefficient (Wildman–Crippen LogP) is 5.51. The molecular weight excluding hydrogens is 452 g/mol. The standard InChI is InChI=1S/C23H23F6NO3/c1-3-33-19(31)30-13-18(20(2,14-30)16-7-5-4-6-8-16)15-9-11-17(12-10-15)21(32,22(24,25)26)23(27,28)29/h4-12,18,32H,3,13-14H2,1-2H3/t18-,20+/m0/s1. The molecule has 0 aromatic heterocycles. The Kier molecular flexibility index (Phi) is 6.45. The van der Waals surface area contributed by atoms with Crippen LogP contribution in [0.4, 0.5) is 31.1 Å². The van der Waals surface area contributed by atoms with Gasteiger partial charge in [-0.1, -0.05) is 61.5 Å². The van der Waals surface area contributed by atoms with E-state index in [-0.39, 0.29) is 19.7 Å². The largest absolute Gasteiger partial charge is 0.450 e. The maximum absolute atomic E-state index is 13.2. The van der Waals surface area contributed by atoms with Crippen LogP contribution >= 0.6 is 0 Å². The number of carbonyl (C=O) groups is 1. The summed E-state index contributed by atoms with van der Waals surface area (Å²) in [4.78, 5) is 13.8. The predicted molar refractivity (Wildman–Crippen MR) is 108 cm³/mol. The van der Waals surface area contributed by atoms with Gasteiger partial charge in [0, 0.05) is 30.0 Å². The van der Waals surface area contributed by atoms with Gasteiger partial charge in [-0.3, -0.25) is 0 Å². The summed E-state index contributed by atoms with van der Waals surface area (Å²) in [6, 6.07) is 12.7. The first-order valence-electron chi connectivity index (χ1n) is 10.2. The Morgan fingerprint density at radius 1 is 1.03 bits per heavy atom. The van der Waals surface area contributed by atoms with Gasteiger partial charge in [-0.25, -0.2) is 4.79 Å². The van der Waals surface area contributed by atoms with Crippen molar-refractivity contribution in [1.82, 2.24) is 4.90 Å². The molecule has 3 rings (SSSR count). The van der Waals surface area contributed by atoms with Crippen LogP contribution in [0, 0.1) is 0 Å². The second kappa shape index (κ2) is 8.55. The number of rotatable bonds is 4. The minimum atomic E-state index is -5.96. The molecule has 33 heavy (non-hydrogen) atoms. The minimum absolute atomic E-state index is 0.157. The van der Waals surface area contributed by atoms with Crippen molar-refractivity contribution in [3.05, 3.63) is 71.3 Å². The highest BCUT2D eigenvalue weighted by Gasteiger charge is 2.71. The maximum Gasteiger partial charge on any atom is 0.430 e. The Hall–Kier alpha value is -2.75. The first kappa shape index (κ1) is 24.9. The van der Waals surface area contributed by atoms with Crippen LogP contribution in [-0.2, 0) is 15.8 Å². The molecule has 4 nitrogen and oxygen atoms in total. The summed E-state index contributed by atoms with van der Waals surface area (Å²) in [5.74, 6) is -0.441. The molecule has 2 aromatic rings. The van der Waals surface area contributed by atoms with Crippen LogP contribution in [0.5, 0.6) is 0 Å². The molecule has 0 radical (unpaired) electrons. The highest BCUT2D eigenvalue weighted by Crippen LogP contribution is 2.51. The van der Waals surface area contributed by atoms with Crippen LogP contribution in [0.2, 0.25) is 0 Å². The third kappa shape index (κ3) is 4.28. The molecule has 180 valence electrons. The average molecular weight is 475 g/mol. The lowest BCUT2D eigenvalue weighted by atomic mass is 9.71. The molecule has 0 bridgehead atoms. The van der Waals surface area contributed by atoms with Crippen molar-refractivity contribution in [2.75, 3.05) is 19.7 Å². The van der Waals surface area contributed by atoms with E-state index in [0.717, 1.165) is 17.7 Å². The molecule has 10 heteroatoms. The number of carbonyl (C=O) groups excluding carboxylic acids is 1. The third-order valence-corrected chi connectivity index (χ3v) is 6.20. The van der Waals surface area contributed by atoms with Crippen molar-refractivity contribution in [2.45, 2.75) is 43.1 Å². The Labute approximate surface area is 186 Å². The lowest BCUT2D eigenvalue weighted by Gasteiger charge is -2.34. The quantitative estimate of drug-likeness (QED) is 0.594. The second-order valence-corrected chi connectivity index (χ2v) is 8.24. The van der Waals surface area contributed by atoms with Gasteiger partial charge in [0.25, 0.3) is 5.60 Å². The summed E-state index contributed by atoms with van der Waals surface area (Å²) in [6.07, 6.45) is -12.5. The number of hydrogen-bond acceptors (Lipinski definition) is 3. The monoisotopic (exact) mass is 475 g/mol. The van der Waals surface area contributed by atoms with Crippen molar-refractivity contribution >= 4 is 6.09 Å². The van der Waals surface area contributed by atoms with Crippen LogP contribution in [0.25, 0.3) is 0 Å². The van der Waals surface area contributed by atoms with Crippen molar-refractivity contribution in [2.24, 2.45) is 0 Å². The fourth-order valence-corrected chi connectivity index (χ4v) is 4.38. The van der Waals surface area contributed by atoms with Crippen molar-refractivity contribution in [3.8, 4) is 0 Å². The van der Waals surface area contributed by atoms with E-state index in [1.165, 1.54) is 4.90 Å². The van der Waals surface area contributed by atoms with E-state index in [1.807, 2.05) is 25.1 Å². The number of hydrogen-bond donors (Lipinski definition) is 1. The Bertz CT molecular complexity index is 960. The summed E-state index contributed by atoms with van der Waals surface area (Å²) in [5, 5.41) is 9.65. The number of amides is 1. The summed E-state index contributed by atoms with van der Waals surface area (Å²) < 4.78 is 84.4. The minimum Gasteiger partial charge on any atom is -0.450 e. The summed E-state index contributed by atoms with van der Waals surface area (Å²) in [6.45, 7) is 4.10. The molecule has 2 aromatic carbocycles. The number of halogens is 6. The highest BCUT2D eigenvalue weighted by molar-refractivity contribution is 5.69. The zero-order valence-corrected chi connectivity index (χ0v) is 17.9. The van der Waals surface area contributed by atoms with Crippen LogP contribution in [0.1, 0.15) is 36.5 Å². The topological polar surface area (TPSA) is 49.8 Å². The number of nitrogens with zero attached hydrogens (tertiary/aromatic N) is 1. The second-order valence-electron chi connectivity index (χ2n) is 8.24. The van der Waals surface area contributed by atoms with Gasteiger partial charge < -0.3 is 14.7 Å². The van der Waals surface area contributed by atoms with Gasteiger partial charge in [-0.2, -0.15) is 26.3 Å². The van der Waals surface area contributed by atoms with Crippen molar-refractivity contribution < 1.29 is 41.0 Å². The van der Waals surface area contributed by atoms with Crippen LogP contribution in [0.3, 0.4) is 0 Å². The molecular formula is C23H23F6NO3. The van der Waals surface area contributed by atoms with E-state index < -0.39 is 40.9 Å². The number of alkyl halides is 6. The van der Waals surface area contributed by atoms with Gasteiger partial charge >= 0.3 is 18.4 Å². The summed E-state index contributed by atoms with van der Waals surface area (Å²) in [5.41, 5.74) is -5.71. The van der Waals surface area contributed by atoms with Crippen molar-refractivity contribution in [3.63, 3.8) is 0 Å². The first-order chi connectivity index (χ1) is 15.3. The summed E-state index contributed by atoms with van der Waals surface area (Å²) in [7, 11) is 0. The van der Waals surface area contributed by atoms with Crippen molar-refractivity contribution in [1.29, 1.82) is 0 Å². The van der Waals surface area contributed by atoms with E-state index in [4.69, 9.17) is 4.74 Å². The van der Waals surface area contributed by atoms with E-state index in [2.05, 4.69) is 0 Å². The summed E-state index contributed by atoms with van der Waals surface area (Å²) >= 11 is 0. The van der Waals surface area contributed by atoms with Crippen LogP contribution in [0.15, 0.2) is 54.6 Å². The van der Waals surface area contributed by atoms with E-state index in [1.54, 1.807) is 19.1 Å². The molecule has 1 aliphatic heterocycles. The lowest BCUT2D eigenvalue weighted by Crippen LogP contribution is -2.53. The SMILES string of the molecule is CCOC(=O)N1C[C@@H](c2ccc(C(O)(C(F)(F)F)C(F)(F)F)cc2)[C@@](C)(c2ccccc2)C1. The number of aliphatic hydroxyl groups is 1. The third-order valence-electron chi connectivity index (χ3n) is 6.20. The van der Waals surface area contributed by atoms with Gasteiger partial charge in [0.2, 0.25) is 0 Å². The van der Waals surface area contributed by atoms with Gasteiger partial charge in [-0.15, -0.1) is 0 Å². The normalized spacial score (nSPS) is 21.8. The first-order valence-corrected chi connectivity index (χ1v) is 10.2. The van der Waals surface area contributed by atoms with E-state index >= 15 is 0 Å². The zero-order valence-electron chi connectivity index (χ0n) is 17.9. The van der Waals surface area contributed by atoms with E-state index in [0.29, 0.717) is 17.7 Å². The number of ether oxygens (including phenoxy) is 1. The molecule has 1 heterocycles. The Morgan fingerprint density at radius 2 is 1.58 bits per heavy atom. The number of benzene rings is 2. The molecule has 1 fully saturated rings. The Morgan fingerprint density at radius 3 is 2.06 bits per heavy atom. The lowest BCUT2D eigenvalue weighted by molar-refractivity contribution is -0.376. The number of likely N-dealkylation sites (tertiary alicyclic amines) is 1. The van der Waals surface area contributed by atoms with Gasteiger partial charge in [0.05, 0.1) is 6.61 Å². The average Bonchev–Trinajstić information content (AvgIpc) is 3.11. The van der Waals surface area contributed by atoms with E-state index in [9.17, 15) is 36.2 Å². The molecule has 2 atom stereocenters. The molecule has 0 saturated carbocycles. The molecule has 0 unspecified atom stereocenters. The molecule has 0 spiro atoms. The smallest absolute Gasteiger partial charge is 0.430 e. The highest BCUT2D eigenvalue weighted by atomic mass is 19.4. The fraction of sp³-hybridized carbons (Fsp3) is 0.435. The fourth-order valence-electron chi connectivity index (χ4n) is 4.38. The maximum atomic E-state index is 13.2. The molecule has 0 aliphatic carbocycles. The van der Waals surface area contributed by atoms with Crippen LogP contribution < -0.4 is 0 Å². The zero-order chi connectivity index (χ0) is 24.7. The molecule has 1 aliphatic rings. The molecule has 1 N–H and O–H groups in total. The van der Waals surface area contributed by atoms with Gasteiger partial charge in [0.1, 0.15) is 0 Å². The van der Waals surface area contributed by atoms with Gasteiger partial charge in [0.15, 0.2) is 0 Å². The molecule has 1 saturated heterocycles. The Balaban J connectivity index is 2.03. The van der Waals surface area contributed by atoms with Gasteiger partial charge in [-0.05, 0) is 18.1 Å². The molecule has 1 amide bonds. The van der Waals surface area contributed by atoms with Crippen LogP contribution in [-0.4, -0.2) is 48.1 Å².